The van der Waals surface area contributed by atoms with Crippen molar-refractivity contribution >= 4 is 0 Å². The first-order valence-electron chi connectivity index (χ1n) is 10.1. The van der Waals surface area contributed by atoms with Crippen molar-refractivity contribution in [3.63, 3.8) is 0 Å². The van der Waals surface area contributed by atoms with Gasteiger partial charge in [-0.1, -0.05) is 6.07 Å². The highest BCUT2D eigenvalue weighted by molar-refractivity contribution is 5.17. The fourth-order valence-corrected chi connectivity index (χ4v) is 6.18. The molecule has 0 aromatic carbocycles. The summed E-state index contributed by atoms with van der Waals surface area (Å²) in [4.78, 5) is 17.5. The molecule has 1 aromatic rings. The lowest BCUT2D eigenvalue weighted by Gasteiger charge is -2.52. The number of piperidine rings is 4. The lowest BCUT2D eigenvalue weighted by molar-refractivity contribution is -0.0177. The summed E-state index contributed by atoms with van der Waals surface area (Å²) < 4.78 is 2.04. The predicted octanol–water partition coefficient (Wildman–Crippen LogP) is 0.937. The molecule has 136 valence electrons. The number of nitrogens with two attached hydrogens (primary N) is 1. The van der Waals surface area contributed by atoms with Crippen LogP contribution in [0.15, 0.2) is 23.0 Å². The van der Waals surface area contributed by atoms with Gasteiger partial charge in [-0.3, -0.25) is 9.69 Å². The van der Waals surface area contributed by atoms with Crippen molar-refractivity contribution in [1.29, 1.82) is 0 Å². The Morgan fingerprint density at radius 1 is 1.12 bits per heavy atom. The van der Waals surface area contributed by atoms with Gasteiger partial charge in [0, 0.05) is 63.0 Å². The molecule has 4 saturated heterocycles. The second-order valence-electron chi connectivity index (χ2n) is 8.85. The van der Waals surface area contributed by atoms with Gasteiger partial charge < -0.3 is 15.2 Å². The molecule has 5 heteroatoms. The van der Waals surface area contributed by atoms with Crippen LogP contribution in [-0.2, 0) is 6.54 Å². The van der Waals surface area contributed by atoms with E-state index in [4.69, 9.17) is 5.73 Å². The van der Waals surface area contributed by atoms with E-state index in [2.05, 4.69) is 15.9 Å². The van der Waals surface area contributed by atoms with Gasteiger partial charge in [0.15, 0.2) is 0 Å². The highest BCUT2D eigenvalue weighted by Crippen LogP contribution is 2.39. The molecule has 4 fully saturated rings. The molecule has 6 heterocycles. The summed E-state index contributed by atoms with van der Waals surface area (Å²) in [5.74, 6) is 2.87. The van der Waals surface area contributed by atoms with Crippen LogP contribution in [0.25, 0.3) is 0 Å². The lowest BCUT2D eigenvalue weighted by atomic mass is 9.74. The zero-order chi connectivity index (χ0) is 17.0. The van der Waals surface area contributed by atoms with Crippen LogP contribution >= 0.6 is 0 Å². The van der Waals surface area contributed by atoms with Gasteiger partial charge in [0.25, 0.3) is 5.56 Å². The van der Waals surface area contributed by atoms with Gasteiger partial charge in [-0.2, -0.15) is 0 Å². The Bertz CT molecular complexity index is 701. The van der Waals surface area contributed by atoms with E-state index in [0.29, 0.717) is 17.9 Å². The van der Waals surface area contributed by atoms with Crippen LogP contribution in [0.1, 0.15) is 30.9 Å². The molecule has 1 aromatic heterocycles. The first-order valence-corrected chi connectivity index (χ1v) is 10.1. The molecule has 6 atom stereocenters. The zero-order valence-corrected chi connectivity index (χ0v) is 15.0. The van der Waals surface area contributed by atoms with E-state index in [1.165, 1.54) is 51.1 Å². The van der Waals surface area contributed by atoms with E-state index in [9.17, 15) is 4.79 Å². The van der Waals surface area contributed by atoms with Crippen molar-refractivity contribution in [2.45, 2.75) is 37.8 Å². The van der Waals surface area contributed by atoms with Crippen molar-refractivity contribution in [3.05, 3.63) is 34.2 Å². The molecule has 4 bridgehead atoms. The molecule has 0 amide bonds. The van der Waals surface area contributed by atoms with E-state index < -0.39 is 0 Å². The van der Waals surface area contributed by atoms with Crippen LogP contribution in [0.4, 0.5) is 0 Å². The number of hydrogen-bond donors (Lipinski definition) is 1. The Hall–Kier alpha value is -1.17. The van der Waals surface area contributed by atoms with Crippen molar-refractivity contribution in [2.24, 2.45) is 23.5 Å². The highest BCUT2D eigenvalue weighted by atomic mass is 16.1. The smallest absolute Gasteiger partial charge is 0.250 e. The molecule has 0 saturated carbocycles. The third kappa shape index (κ3) is 2.77. The maximum absolute atomic E-state index is 12.2. The molecule has 6 rings (SSSR count). The van der Waals surface area contributed by atoms with Gasteiger partial charge in [0.2, 0.25) is 0 Å². The van der Waals surface area contributed by atoms with E-state index in [1.54, 1.807) is 6.07 Å². The largest absolute Gasteiger partial charge is 0.329 e. The third-order valence-electron chi connectivity index (χ3n) is 7.33. The average Bonchev–Trinajstić information content (AvgIpc) is 2.63. The van der Waals surface area contributed by atoms with Gasteiger partial charge in [-0.15, -0.1) is 0 Å². The van der Waals surface area contributed by atoms with Crippen molar-refractivity contribution in [2.75, 3.05) is 39.3 Å². The SMILES string of the molecule is NC[C@H]1C[C@@H]2CCN1C[C@@H]2CN1C[C@@H]2C[C@H](C1)c1cccc(=O)n1C2. The van der Waals surface area contributed by atoms with Crippen LogP contribution < -0.4 is 11.3 Å². The van der Waals surface area contributed by atoms with E-state index >= 15 is 0 Å². The van der Waals surface area contributed by atoms with Gasteiger partial charge in [-0.05, 0) is 49.6 Å². The average molecular weight is 342 g/mol. The quantitative estimate of drug-likeness (QED) is 0.888. The minimum absolute atomic E-state index is 0.186. The minimum Gasteiger partial charge on any atom is -0.329 e. The van der Waals surface area contributed by atoms with Crippen LogP contribution in [-0.4, -0.2) is 59.7 Å². The van der Waals surface area contributed by atoms with Crippen LogP contribution in [0, 0.1) is 17.8 Å². The molecule has 2 N–H and O–H groups in total. The number of hydrogen-bond acceptors (Lipinski definition) is 4. The Morgan fingerprint density at radius 3 is 2.84 bits per heavy atom. The first-order chi connectivity index (χ1) is 12.2. The fraction of sp³-hybridized carbons (Fsp3) is 0.750. The van der Waals surface area contributed by atoms with Gasteiger partial charge in [0.1, 0.15) is 0 Å². The summed E-state index contributed by atoms with van der Waals surface area (Å²) in [6, 6.07) is 6.46. The second kappa shape index (κ2) is 6.22. The topological polar surface area (TPSA) is 54.5 Å². The summed E-state index contributed by atoms with van der Waals surface area (Å²) >= 11 is 0. The second-order valence-corrected chi connectivity index (χ2v) is 8.85. The normalized spacial score (nSPS) is 40.0. The molecular weight excluding hydrogens is 312 g/mol. The summed E-state index contributed by atoms with van der Waals surface area (Å²) in [5, 5.41) is 0. The van der Waals surface area contributed by atoms with Crippen molar-refractivity contribution in [3.8, 4) is 0 Å². The predicted molar refractivity (Wildman–Crippen MR) is 98.6 cm³/mol. The summed E-state index contributed by atoms with van der Waals surface area (Å²) in [6.07, 6.45) is 3.93. The first kappa shape index (κ1) is 16.0. The van der Waals surface area contributed by atoms with Gasteiger partial charge >= 0.3 is 0 Å². The monoisotopic (exact) mass is 342 g/mol. The molecule has 5 aliphatic heterocycles. The fourth-order valence-electron chi connectivity index (χ4n) is 6.18. The third-order valence-corrected chi connectivity index (χ3v) is 7.33. The molecule has 0 radical (unpaired) electrons. The zero-order valence-electron chi connectivity index (χ0n) is 15.0. The molecule has 0 spiro atoms. The van der Waals surface area contributed by atoms with Gasteiger partial charge in [0.05, 0.1) is 0 Å². The van der Waals surface area contributed by atoms with Gasteiger partial charge in [-0.25, -0.2) is 0 Å². The van der Waals surface area contributed by atoms with E-state index in [1.807, 2.05) is 10.6 Å². The van der Waals surface area contributed by atoms with Crippen molar-refractivity contribution < 1.29 is 0 Å². The Morgan fingerprint density at radius 2 is 2.04 bits per heavy atom. The van der Waals surface area contributed by atoms with E-state index in [0.717, 1.165) is 31.5 Å². The standard InChI is InChI=1S/C20H30N4O/c21-8-18-7-15-4-5-23(18)13-17(15)12-22-9-14-6-16(11-22)19-2-1-3-20(25)24(19)10-14/h1-3,14-18H,4-13,21H2/t14-,15-,16+,17-,18+/m0/s1. The maximum Gasteiger partial charge on any atom is 0.250 e. The molecule has 0 aliphatic carbocycles. The lowest BCUT2D eigenvalue weighted by Crippen LogP contribution is -2.58. The number of aromatic nitrogens is 1. The van der Waals surface area contributed by atoms with Crippen molar-refractivity contribution in [1.82, 2.24) is 14.4 Å². The van der Waals surface area contributed by atoms with Crippen LogP contribution in [0.3, 0.4) is 0 Å². The number of fused-ring (bicyclic) bond motifs is 7. The molecule has 25 heavy (non-hydrogen) atoms. The highest BCUT2D eigenvalue weighted by Gasteiger charge is 2.41. The number of pyridine rings is 1. The molecule has 1 unspecified atom stereocenters. The summed E-state index contributed by atoms with van der Waals surface area (Å²) in [6.45, 7) is 7.77. The van der Waals surface area contributed by atoms with Crippen LogP contribution in [0.2, 0.25) is 0 Å². The number of nitrogens with zero attached hydrogens (tertiary/aromatic N) is 3. The Labute approximate surface area is 149 Å². The maximum atomic E-state index is 12.2. The molecular formula is C20H30N4O. The molecule has 5 aliphatic rings. The minimum atomic E-state index is 0.186. The molecule has 5 nitrogen and oxygen atoms in total. The Kier molecular flexibility index (Phi) is 3.99. The number of likely N-dealkylation sites (tertiary alicyclic amines) is 1. The Balaban J connectivity index is 1.29. The number of rotatable bonds is 3. The van der Waals surface area contributed by atoms with E-state index in [-0.39, 0.29) is 5.56 Å². The summed E-state index contributed by atoms with van der Waals surface area (Å²) in [7, 11) is 0. The van der Waals surface area contributed by atoms with Crippen LogP contribution in [0.5, 0.6) is 0 Å². The summed E-state index contributed by atoms with van der Waals surface area (Å²) in [5.41, 5.74) is 7.41.